The first-order chi connectivity index (χ1) is 12.2. The van der Waals surface area contributed by atoms with Gasteiger partial charge in [0.05, 0.1) is 12.6 Å². The molecule has 1 atom stereocenters. The van der Waals surface area contributed by atoms with Crippen LogP contribution in [0.25, 0.3) is 11.0 Å². The lowest BCUT2D eigenvalue weighted by Crippen LogP contribution is -2.39. The Balaban J connectivity index is 1.38. The first-order valence-corrected chi connectivity index (χ1v) is 8.68. The number of amides is 2. The highest BCUT2D eigenvalue weighted by atomic mass is 16.3. The summed E-state index contributed by atoms with van der Waals surface area (Å²) in [6, 6.07) is 9.42. The highest BCUT2D eigenvalue weighted by Crippen LogP contribution is 2.23. The summed E-state index contributed by atoms with van der Waals surface area (Å²) in [5.74, 6) is 2.41. The smallest absolute Gasteiger partial charge is 0.315 e. The third kappa shape index (κ3) is 3.22. The highest BCUT2D eigenvalue weighted by Gasteiger charge is 2.25. The maximum Gasteiger partial charge on any atom is 0.315 e. The minimum atomic E-state index is -0.222. The van der Waals surface area contributed by atoms with Gasteiger partial charge in [-0.1, -0.05) is 25.1 Å². The van der Waals surface area contributed by atoms with E-state index in [4.69, 9.17) is 4.42 Å². The number of hydrogen-bond acceptors (Lipinski definition) is 4. The Morgan fingerprint density at radius 3 is 3.12 bits per heavy atom. The van der Waals surface area contributed by atoms with Gasteiger partial charge in [0.25, 0.3) is 0 Å². The fourth-order valence-electron chi connectivity index (χ4n) is 3.19. The molecule has 2 aromatic heterocycles. The van der Waals surface area contributed by atoms with Crippen molar-refractivity contribution in [2.45, 2.75) is 45.3 Å². The quantitative estimate of drug-likeness (QED) is 0.765. The fraction of sp³-hybridized carbons (Fsp3) is 0.389. The Labute approximate surface area is 145 Å². The summed E-state index contributed by atoms with van der Waals surface area (Å²) >= 11 is 0. The van der Waals surface area contributed by atoms with Gasteiger partial charge in [-0.25, -0.2) is 14.5 Å². The Morgan fingerprint density at radius 2 is 2.28 bits per heavy atom. The van der Waals surface area contributed by atoms with Gasteiger partial charge in [-0.05, 0) is 25.0 Å². The van der Waals surface area contributed by atoms with E-state index in [-0.39, 0.29) is 12.1 Å². The largest absolute Gasteiger partial charge is 0.459 e. The summed E-state index contributed by atoms with van der Waals surface area (Å²) in [5, 5.41) is 11.4. The van der Waals surface area contributed by atoms with E-state index in [2.05, 4.69) is 20.7 Å². The lowest BCUT2D eigenvalue weighted by molar-refractivity contribution is 0.231. The number of carbonyl (C=O) groups excluding carboxylic acids is 1. The first kappa shape index (κ1) is 15.7. The number of fused-ring (bicyclic) bond motifs is 2. The van der Waals surface area contributed by atoms with Crippen LogP contribution < -0.4 is 10.6 Å². The summed E-state index contributed by atoms with van der Waals surface area (Å²) in [6.07, 6.45) is 2.65. The molecule has 7 nitrogen and oxygen atoms in total. The normalized spacial score (nSPS) is 16.6. The van der Waals surface area contributed by atoms with Crippen LogP contribution in [0.2, 0.25) is 0 Å². The number of para-hydroxylation sites is 1. The molecule has 1 aliphatic heterocycles. The lowest BCUT2D eigenvalue weighted by atomic mass is 10.1. The molecule has 0 saturated heterocycles. The van der Waals surface area contributed by atoms with Gasteiger partial charge in [-0.2, -0.15) is 5.10 Å². The second-order valence-corrected chi connectivity index (χ2v) is 6.24. The first-order valence-electron chi connectivity index (χ1n) is 8.68. The molecule has 3 aromatic rings. The Bertz CT molecular complexity index is 865. The maximum absolute atomic E-state index is 12.3. The van der Waals surface area contributed by atoms with Crippen LogP contribution in [-0.4, -0.2) is 20.8 Å². The van der Waals surface area contributed by atoms with E-state index in [9.17, 15) is 4.79 Å². The molecule has 1 aliphatic rings. The van der Waals surface area contributed by atoms with Crippen molar-refractivity contribution < 1.29 is 9.21 Å². The van der Waals surface area contributed by atoms with Crippen LogP contribution in [0.3, 0.4) is 0 Å². The van der Waals surface area contributed by atoms with Crippen LogP contribution in [-0.2, 0) is 19.5 Å². The van der Waals surface area contributed by atoms with Crippen molar-refractivity contribution in [3.63, 3.8) is 0 Å². The van der Waals surface area contributed by atoms with Crippen LogP contribution in [0.15, 0.2) is 34.7 Å². The summed E-state index contributed by atoms with van der Waals surface area (Å²) in [7, 11) is 0. The number of aryl methyl sites for hydroxylation is 2. The molecular formula is C18H21N5O2. The number of nitrogens with one attached hydrogen (secondary N) is 2. The standard InChI is InChI=1S/C18H21N5O2/c1-2-16-21-17-14(7-5-9-23(17)22-16)20-18(24)19-11-13-10-12-6-3-4-8-15(12)25-13/h3-4,6,8,10,14H,2,5,7,9,11H2,1H3,(H2,19,20,24)/t14-/m1/s1. The van der Waals surface area contributed by atoms with Gasteiger partial charge < -0.3 is 15.1 Å². The second kappa shape index (κ2) is 6.58. The summed E-state index contributed by atoms with van der Waals surface area (Å²) in [4.78, 5) is 16.8. The highest BCUT2D eigenvalue weighted by molar-refractivity contribution is 5.78. The van der Waals surface area contributed by atoms with Crippen LogP contribution >= 0.6 is 0 Å². The summed E-state index contributed by atoms with van der Waals surface area (Å²) in [6.45, 7) is 3.24. The lowest BCUT2D eigenvalue weighted by Gasteiger charge is -2.23. The topological polar surface area (TPSA) is 85.0 Å². The molecule has 0 spiro atoms. The average Bonchev–Trinajstić information content (AvgIpc) is 3.23. The molecule has 7 heteroatoms. The van der Waals surface area contributed by atoms with E-state index in [0.29, 0.717) is 6.54 Å². The molecule has 2 amide bonds. The van der Waals surface area contributed by atoms with Gasteiger partial charge in [0.2, 0.25) is 0 Å². The van der Waals surface area contributed by atoms with Gasteiger partial charge in [0.1, 0.15) is 17.2 Å². The van der Waals surface area contributed by atoms with Crippen molar-refractivity contribution in [3.8, 4) is 0 Å². The zero-order chi connectivity index (χ0) is 17.2. The van der Waals surface area contributed by atoms with E-state index in [1.165, 1.54) is 0 Å². The number of carbonyl (C=O) groups is 1. The number of rotatable bonds is 4. The Hall–Kier alpha value is -2.83. The van der Waals surface area contributed by atoms with Crippen LogP contribution in [0.5, 0.6) is 0 Å². The molecule has 4 rings (SSSR count). The van der Waals surface area contributed by atoms with Gasteiger partial charge >= 0.3 is 6.03 Å². The van der Waals surface area contributed by atoms with Crippen LogP contribution in [0.4, 0.5) is 4.79 Å². The predicted octanol–water partition coefficient (Wildman–Crippen LogP) is 2.92. The van der Waals surface area contributed by atoms with Crippen LogP contribution in [0, 0.1) is 0 Å². The molecule has 130 valence electrons. The number of urea groups is 1. The fourth-order valence-corrected chi connectivity index (χ4v) is 3.19. The minimum Gasteiger partial charge on any atom is -0.459 e. The zero-order valence-corrected chi connectivity index (χ0v) is 14.2. The molecule has 0 radical (unpaired) electrons. The van der Waals surface area contributed by atoms with E-state index in [1.54, 1.807) is 0 Å². The molecule has 25 heavy (non-hydrogen) atoms. The van der Waals surface area contributed by atoms with Gasteiger partial charge in [0.15, 0.2) is 5.82 Å². The molecule has 0 aliphatic carbocycles. The molecule has 2 N–H and O–H groups in total. The molecular weight excluding hydrogens is 318 g/mol. The number of aromatic nitrogens is 3. The van der Waals surface area contributed by atoms with E-state index in [1.807, 2.05) is 41.9 Å². The maximum atomic E-state index is 12.3. The van der Waals surface area contributed by atoms with Gasteiger partial charge in [-0.3, -0.25) is 0 Å². The minimum absolute atomic E-state index is 0.0998. The number of furan rings is 1. The average molecular weight is 339 g/mol. The van der Waals surface area contributed by atoms with E-state index >= 15 is 0 Å². The van der Waals surface area contributed by atoms with E-state index < -0.39 is 0 Å². The predicted molar refractivity (Wildman–Crippen MR) is 93.0 cm³/mol. The van der Waals surface area contributed by atoms with Crippen molar-refractivity contribution in [2.24, 2.45) is 0 Å². The second-order valence-electron chi connectivity index (χ2n) is 6.24. The Kier molecular flexibility index (Phi) is 4.13. The van der Waals surface area contributed by atoms with Crippen LogP contribution in [0.1, 0.15) is 43.2 Å². The third-order valence-electron chi connectivity index (χ3n) is 4.44. The monoisotopic (exact) mass is 339 g/mol. The van der Waals surface area contributed by atoms with Gasteiger partial charge in [-0.15, -0.1) is 0 Å². The Morgan fingerprint density at radius 1 is 1.40 bits per heavy atom. The van der Waals surface area contributed by atoms with E-state index in [0.717, 1.165) is 54.2 Å². The molecule has 3 heterocycles. The van der Waals surface area contributed by atoms with Crippen molar-refractivity contribution in [2.75, 3.05) is 0 Å². The number of benzene rings is 1. The molecule has 0 unspecified atom stereocenters. The molecule has 0 saturated carbocycles. The van der Waals surface area contributed by atoms with Crippen molar-refractivity contribution in [1.82, 2.24) is 25.4 Å². The SMILES string of the molecule is CCc1nc2n(n1)CCC[C@H]2NC(=O)NCc1cc2ccccc2o1. The summed E-state index contributed by atoms with van der Waals surface area (Å²) < 4.78 is 7.62. The van der Waals surface area contributed by atoms with Crippen molar-refractivity contribution >= 4 is 17.0 Å². The third-order valence-corrected chi connectivity index (χ3v) is 4.44. The summed E-state index contributed by atoms with van der Waals surface area (Å²) in [5.41, 5.74) is 0.826. The molecule has 1 aromatic carbocycles. The van der Waals surface area contributed by atoms with Gasteiger partial charge in [0, 0.05) is 18.4 Å². The number of nitrogens with zero attached hydrogens (tertiary/aromatic N) is 3. The zero-order valence-electron chi connectivity index (χ0n) is 14.2. The molecule has 0 fully saturated rings. The number of hydrogen-bond donors (Lipinski definition) is 2. The van der Waals surface area contributed by atoms with Crippen molar-refractivity contribution in [3.05, 3.63) is 47.7 Å². The van der Waals surface area contributed by atoms with Crippen molar-refractivity contribution in [1.29, 1.82) is 0 Å². The molecule has 0 bridgehead atoms.